The molecule has 0 aromatic heterocycles. The first-order chi connectivity index (χ1) is 5.70. The van der Waals surface area contributed by atoms with Gasteiger partial charge < -0.3 is 14.6 Å². The van der Waals surface area contributed by atoms with E-state index >= 15 is 0 Å². The van der Waals surface area contributed by atoms with Gasteiger partial charge in [-0.1, -0.05) is 6.58 Å². The minimum Gasteiger partial charge on any atom is -0.460 e. The molecule has 0 aliphatic rings. The second kappa shape index (κ2) is 6.82. The predicted octanol–water partition coefficient (Wildman–Crippen LogP) is 0.113. The Kier molecular flexibility index (Phi) is 6.32. The molecule has 0 aliphatic carbocycles. The van der Waals surface area contributed by atoms with Crippen LogP contribution in [0.1, 0.15) is 6.92 Å². The first kappa shape index (κ1) is 11.1. The first-order valence-electron chi connectivity index (χ1n) is 3.72. The summed E-state index contributed by atoms with van der Waals surface area (Å²) in [5.74, 6) is -0.463. The molecule has 1 unspecified atom stereocenters. The molecule has 1 atom stereocenters. The van der Waals surface area contributed by atoms with E-state index in [9.17, 15) is 4.79 Å². The van der Waals surface area contributed by atoms with E-state index in [2.05, 4.69) is 11.3 Å². The summed E-state index contributed by atoms with van der Waals surface area (Å²) in [5, 5.41) is 8.39. The van der Waals surface area contributed by atoms with Crippen LogP contribution in [0.25, 0.3) is 0 Å². The van der Waals surface area contributed by atoms with Gasteiger partial charge in [0.05, 0.1) is 19.3 Å². The molecule has 0 bridgehead atoms. The number of aliphatic hydroxyl groups is 1. The molecule has 0 heterocycles. The Bertz CT molecular complexity index is 144. The Morgan fingerprint density at radius 1 is 1.75 bits per heavy atom. The molecule has 0 spiro atoms. The van der Waals surface area contributed by atoms with E-state index in [1.165, 1.54) is 0 Å². The number of carbonyl (C=O) groups excluding carboxylic acids is 1. The number of hydrogen-bond acceptors (Lipinski definition) is 4. The van der Waals surface area contributed by atoms with Gasteiger partial charge in [0.2, 0.25) is 0 Å². The van der Waals surface area contributed by atoms with Gasteiger partial charge in [-0.3, -0.25) is 0 Å². The van der Waals surface area contributed by atoms with Crippen LogP contribution in [-0.4, -0.2) is 37.0 Å². The number of hydrogen-bond donors (Lipinski definition) is 1. The lowest BCUT2D eigenvalue weighted by Crippen LogP contribution is -2.19. The number of rotatable bonds is 6. The first-order valence-corrected chi connectivity index (χ1v) is 3.72. The van der Waals surface area contributed by atoms with E-state index in [4.69, 9.17) is 9.84 Å². The normalized spacial score (nSPS) is 12.2. The molecule has 0 aromatic rings. The molecule has 0 amide bonds. The van der Waals surface area contributed by atoms with Gasteiger partial charge in [-0.05, 0) is 6.92 Å². The zero-order valence-corrected chi connectivity index (χ0v) is 7.16. The molecule has 0 aromatic carbocycles. The standard InChI is InChI=1S/C8H14O4/c1-3-8(10)12-6-7(2)11-5-4-9/h3,7,9H,1,4-6H2,2H3. The van der Waals surface area contributed by atoms with Gasteiger partial charge in [-0.15, -0.1) is 0 Å². The van der Waals surface area contributed by atoms with Gasteiger partial charge >= 0.3 is 5.97 Å². The quantitative estimate of drug-likeness (QED) is 0.459. The minimum atomic E-state index is -0.463. The van der Waals surface area contributed by atoms with Gasteiger partial charge in [0, 0.05) is 6.08 Å². The minimum absolute atomic E-state index is 0.0280. The van der Waals surface area contributed by atoms with Gasteiger partial charge in [0.25, 0.3) is 0 Å². The van der Waals surface area contributed by atoms with Crippen molar-refractivity contribution in [2.75, 3.05) is 19.8 Å². The molecule has 0 rings (SSSR count). The van der Waals surface area contributed by atoms with Crippen LogP contribution in [0.4, 0.5) is 0 Å². The molecule has 4 heteroatoms. The average Bonchev–Trinajstić information content (AvgIpc) is 2.10. The average molecular weight is 174 g/mol. The smallest absolute Gasteiger partial charge is 0.330 e. The van der Waals surface area contributed by atoms with E-state index < -0.39 is 5.97 Å². The highest BCUT2D eigenvalue weighted by Gasteiger charge is 2.03. The van der Waals surface area contributed by atoms with E-state index in [0.29, 0.717) is 0 Å². The van der Waals surface area contributed by atoms with Gasteiger partial charge in [0.15, 0.2) is 0 Å². The second-order valence-corrected chi connectivity index (χ2v) is 2.24. The highest BCUT2D eigenvalue weighted by atomic mass is 16.6. The third-order valence-corrected chi connectivity index (χ3v) is 1.12. The van der Waals surface area contributed by atoms with Crippen LogP contribution in [0.3, 0.4) is 0 Å². The lowest BCUT2D eigenvalue weighted by atomic mass is 10.4. The maximum absolute atomic E-state index is 10.5. The van der Waals surface area contributed by atoms with Crippen molar-refractivity contribution in [3.63, 3.8) is 0 Å². The van der Waals surface area contributed by atoms with Crippen molar-refractivity contribution in [3.05, 3.63) is 12.7 Å². The van der Waals surface area contributed by atoms with Crippen molar-refractivity contribution in [1.82, 2.24) is 0 Å². The van der Waals surface area contributed by atoms with E-state index in [1.54, 1.807) is 6.92 Å². The highest BCUT2D eigenvalue weighted by Crippen LogP contribution is 1.92. The van der Waals surface area contributed by atoms with Crippen LogP contribution in [0.2, 0.25) is 0 Å². The van der Waals surface area contributed by atoms with Gasteiger partial charge in [-0.2, -0.15) is 0 Å². The van der Waals surface area contributed by atoms with Crippen LogP contribution >= 0.6 is 0 Å². The van der Waals surface area contributed by atoms with Crippen LogP contribution < -0.4 is 0 Å². The van der Waals surface area contributed by atoms with Gasteiger partial charge in [0.1, 0.15) is 6.61 Å². The van der Waals surface area contributed by atoms with Crippen LogP contribution in [0.15, 0.2) is 12.7 Å². The van der Waals surface area contributed by atoms with Crippen molar-refractivity contribution < 1.29 is 19.4 Å². The van der Waals surface area contributed by atoms with Gasteiger partial charge in [-0.25, -0.2) is 4.79 Å². The maximum atomic E-state index is 10.5. The third kappa shape index (κ3) is 5.88. The zero-order chi connectivity index (χ0) is 9.40. The SMILES string of the molecule is C=CC(=O)OCC(C)OCCO. The maximum Gasteiger partial charge on any atom is 0.330 e. The Hall–Kier alpha value is -0.870. The van der Waals surface area contributed by atoms with Crippen molar-refractivity contribution in [2.45, 2.75) is 13.0 Å². The number of carbonyl (C=O) groups is 1. The van der Waals surface area contributed by atoms with Crippen LogP contribution in [0, 0.1) is 0 Å². The lowest BCUT2D eigenvalue weighted by Gasteiger charge is -2.11. The highest BCUT2D eigenvalue weighted by molar-refractivity contribution is 5.81. The zero-order valence-electron chi connectivity index (χ0n) is 7.16. The summed E-state index contributed by atoms with van der Waals surface area (Å²) in [4.78, 5) is 10.5. The molecule has 0 aliphatic heterocycles. The fourth-order valence-corrected chi connectivity index (χ4v) is 0.560. The van der Waals surface area contributed by atoms with E-state index in [0.717, 1.165) is 6.08 Å². The topological polar surface area (TPSA) is 55.8 Å². The summed E-state index contributed by atoms with van der Waals surface area (Å²) in [7, 11) is 0. The molecule has 4 nitrogen and oxygen atoms in total. The van der Waals surface area contributed by atoms with Crippen molar-refractivity contribution in [1.29, 1.82) is 0 Å². The summed E-state index contributed by atoms with van der Waals surface area (Å²) in [6.07, 6.45) is 0.903. The summed E-state index contributed by atoms with van der Waals surface area (Å²) in [6.45, 7) is 5.42. The molecular weight excluding hydrogens is 160 g/mol. The molecule has 12 heavy (non-hydrogen) atoms. The molecule has 0 saturated carbocycles. The van der Waals surface area contributed by atoms with Crippen LogP contribution in [-0.2, 0) is 14.3 Å². The fourth-order valence-electron chi connectivity index (χ4n) is 0.560. The summed E-state index contributed by atoms with van der Waals surface area (Å²) >= 11 is 0. The largest absolute Gasteiger partial charge is 0.460 e. The van der Waals surface area contributed by atoms with Crippen molar-refractivity contribution in [3.8, 4) is 0 Å². The molecule has 70 valence electrons. The Morgan fingerprint density at radius 3 is 2.92 bits per heavy atom. The molecule has 0 radical (unpaired) electrons. The third-order valence-electron chi connectivity index (χ3n) is 1.12. The second-order valence-electron chi connectivity index (χ2n) is 2.24. The fraction of sp³-hybridized carbons (Fsp3) is 0.625. The van der Waals surface area contributed by atoms with Crippen LogP contribution in [0.5, 0.6) is 0 Å². The molecular formula is C8H14O4. The van der Waals surface area contributed by atoms with Crippen molar-refractivity contribution in [2.24, 2.45) is 0 Å². The summed E-state index contributed by atoms with van der Waals surface area (Å²) in [5.41, 5.74) is 0. The monoisotopic (exact) mass is 174 g/mol. The Labute approximate surface area is 71.8 Å². The predicted molar refractivity (Wildman–Crippen MR) is 43.7 cm³/mol. The summed E-state index contributed by atoms with van der Waals surface area (Å²) in [6, 6.07) is 0. The van der Waals surface area contributed by atoms with Crippen molar-refractivity contribution >= 4 is 5.97 Å². The van der Waals surface area contributed by atoms with E-state index in [1.807, 2.05) is 0 Å². The Balaban J connectivity index is 3.36. The van der Waals surface area contributed by atoms with E-state index in [-0.39, 0.29) is 25.9 Å². The molecule has 0 saturated heterocycles. The lowest BCUT2D eigenvalue weighted by molar-refractivity contribution is -0.141. The molecule has 1 N–H and O–H groups in total. The number of aliphatic hydroxyl groups excluding tert-OH is 1. The molecule has 0 fully saturated rings. The summed E-state index contributed by atoms with van der Waals surface area (Å²) < 4.78 is 9.71. The Morgan fingerprint density at radius 2 is 2.42 bits per heavy atom. The number of esters is 1. The number of ether oxygens (including phenoxy) is 2.